The van der Waals surface area contributed by atoms with Crippen LogP contribution in [-0.4, -0.2) is 56.0 Å². The predicted octanol–water partition coefficient (Wildman–Crippen LogP) is -0.108. The maximum absolute atomic E-state index is 12.6. The molecule has 2 rings (SSSR count). The largest absolute Gasteiger partial charge is 0.393 e. The molecule has 1 atom stereocenters. The minimum atomic E-state index is -3.45. The van der Waals surface area contributed by atoms with Crippen LogP contribution in [0, 0.1) is 5.92 Å². The number of nitrogens with zero attached hydrogens (tertiary/aromatic N) is 1. The Balaban J connectivity index is 2.08. The third-order valence-corrected chi connectivity index (χ3v) is 8.48. The molecule has 0 saturated carbocycles. The van der Waals surface area contributed by atoms with Crippen molar-refractivity contribution >= 4 is 37.1 Å². The highest BCUT2D eigenvalue weighted by Crippen LogP contribution is 2.26. The summed E-state index contributed by atoms with van der Waals surface area (Å²) in [5, 5.41) is -0.587. The summed E-state index contributed by atoms with van der Waals surface area (Å²) in [7, 11) is -6.50. The molecule has 0 aliphatic carbocycles. The molecule has 0 bridgehead atoms. The van der Waals surface area contributed by atoms with E-state index in [-0.39, 0.29) is 30.3 Å². The summed E-state index contributed by atoms with van der Waals surface area (Å²) < 4.78 is 49.4. The van der Waals surface area contributed by atoms with E-state index in [0.29, 0.717) is 18.1 Å². The van der Waals surface area contributed by atoms with Crippen molar-refractivity contribution in [3.8, 4) is 0 Å². The highest BCUT2D eigenvalue weighted by atomic mass is 32.2. The Morgan fingerprint density at radius 2 is 1.80 bits per heavy atom. The fraction of sp³-hybridized carbons (Fsp3) is 0.909. The van der Waals surface area contributed by atoms with Crippen molar-refractivity contribution in [2.45, 2.75) is 30.9 Å². The number of hydrogen-bond acceptors (Lipinski definition) is 5. The molecule has 2 N–H and O–H groups in total. The molecular weight excluding hydrogens is 320 g/mol. The van der Waals surface area contributed by atoms with Gasteiger partial charge in [0.15, 0.2) is 0 Å². The van der Waals surface area contributed by atoms with Gasteiger partial charge in [0.1, 0.15) is 9.84 Å². The van der Waals surface area contributed by atoms with Gasteiger partial charge in [-0.2, -0.15) is 0 Å². The van der Waals surface area contributed by atoms with Crippen molar-refractivity contribution in [2.24, 2.45) is 11.7 Å². The molecule has 0 aromatic rings. The zero-order valence-electron chi connectivity index (χ0n) is 11.2. The van der Waals surface area contributed by atoms with Crippen LogP contribution >= 0.6 is 12.2 Å². The summed E-state index contributed by atoms with van der Waals surface area (Å²) in [4.78, 5) is 0.358. The lowest BCUT2D eigenvalue weighted by molar-refractivity contribution is 0.308. The first-order chi connectivity index (χ1) is 9.22. The lowest BCUT2D eigenvalue weighted by atomic mass is 10.00. The quantitative estimate of drug-likeness (QED) is 0.720. The molecule has 9 heteroatoms. The number of sulfonamides is 1. The minimum Gasteiger partial charge on any atom is -0.393 e. The van der Waals surface area contributed by atoms with Crippen LogP contribution in [0.5, 0.6) is 0 Å². The Bertz CT molecular complexity index is 571. The number of rotatable bonds is 3. The Labute approximate surface area is 125 Å². The van der Waals surface area contributed by atoms with Crippen molar-refractivity contribution in [3.05, 3.63) is 0 Å². The van der Waals surface area contributed by atoms with Gasteiger partial charge in [0, 0.05) is 19.0 Å². The Morgan fingerprint density at radius 3 is 2.35 bits per heavy atom. The maximum Gasteiger partial charge on any atom is 0.217 e. The van der Waals surface area contributed by atoms with Gasteiger partial charge in [0.05, 0.1) is 21.7 Å². The van der Waals surface area contributed by atoms with Crippen molar-refractivity contribution in [2.75, 3.05) is 24.6 Å². The molecule has 0 aromatic carbocycles. The first kappa shape index (κ1) is 16.1. The van der Waals surface area contributed by atoms with Crippen molar-refractivity contribution in [3.63, 3.8) is 0 Å². The molecule has 6 nitrogen and oxygen atoms in total. The second-order valence-corrected chi connectivity index (χ2v) is 10.5. The zero-order valence-corrected chi connectivity index (χ0v) is 13.6. The van der Waals surface area contributed by atoms with Gasteiger partial charge in [-0.05, 0) is 25.7 Å². The van der Waals surface area contributed by atoms with Crippen LogP contribution in [0.25, 0.3) is 0 Å². The lowest BCUT2D eigenvalue weighted by Gasteiger charge is -2.35. The third kappa shape index (κ3) is 3.49. The Hall–Kier alpha value is -0.250. The monoisotopic (exact) mass is 340 g/mol. The smallest absolute Gasteiger partial charge is 0.217 e. The molecule has 2 aliphatic heterocycles. The molecule has 0 radical (unpaired) electrons. The zero-order chi connectivity index (χ0) is 15.0. The average molecular weight is 340 g/mol. The molecule has 2 aliphatic rings. The average Bonchev–Trinajstić information content (AvgIpc) is 2.38. The normalized spacial score (nSPS) is 29.1. The molecule has 2 saturated heterocycles. The van der Waals surface area contributed by atoms with Gasteiger partial charge < -0.3 is 5.73 Å². The number of nitrogens with two attached hydrogens (primary N) is 1. The van der Waals surface area contributed by atoms with E-state index in [2.05, 4.69) is 0 Å². The standard InChI is InChI=1S/C11H20N2O4S3/c12-11(18)9-2-1-5-13(8-9)20(16,17)10-3-6-19(14,15)7-4-10/h9-10H,1-8H2,(H2,12,18). The van der Waals surface area contributed by atoms with E-state index in [4.69, 9.17) is 18.0 Å². The lowest BCUT2D eigenvalue weighted by Crippen LogP contribution is -2.48. The molecule has 20 heavy (non-hydrogen) atoms. The predicted molar refractivity (Wildman–Crippen MR) is 81.7 cm³/mol. The maximum atomic E-state index is 12.6. The summed E-state index contributed by atoms with van der Waals surface area (Å²) in [5.74, 6) is -0.145. The Kier molecular flexibility index (Phi) is 4.73. The number of sulfone groups is 1. The van der Waals surface area contributed by atoms with Crippen molar-refractivity contribution < 1.29 is 16.8 Å². The molecule has 2 fully saturated rings. The molecule has 0 aromatic heterocycles. The molecular formula is C11H20N2O4S3. The summed E-state index contributed by atoms with van der Waals surface area (Å²) in [6.45, 7) is 0.811. The highest BCUT2D eigenvalue weighted by Gasteiger charge is 2.38. The van der Waals surface area contributed by atoms with E-state index in [9.17, 15) is 16.8 Å². The van der Waals surface area contributed by atoms with Gasteiger partial charge in [-0.25, -0.2) is 21.1 Å². The molecule has 0 spiro atoms. The summed E-state index contributed by atoms with van der Waals surface area (Å²) in [6.07, 6.45) is 1.95. The van der Waals surface area contributed by atoms with Crippen molar-refractivity contribution in [1.29, 1.82) is 0 Å². The molecule has 2 heterocycles. The molecule has 1 unspecified atom stereocenters. The topological polar surface area (TPSA) is 97.5 Å². The summed E-state index contributed by atoms with van der Waals surface area (Å²) in [5.41, 5.74) is 5.62. The highest BCUT2D eigenvalue weighted by molar-refractivity contribution is 7.92. The van der Waals surface area contributed by atoms with E-state index < -0.39 is 25.1 Å². The van der Waals surface area contributed by atoms with Gasteiger partial charge in [-0.1, -0.05) is 12.2 Å². The van der Waals surface area contributed by atoms with Gasteiger partial charge in [-0.15, -0.1) is 0 Å². The van der Waals surface area contributed by atoms with Gasteiger partial charge in [-0.3, -0.25) is 0 Å². The van der Waals surface area contributed by atoms with Crippen molar-refractivity contribution in [1.82, 2.24) is 4.31 Å². The number of thiocarbonyl (C=S) groups is 1. The van der Waals surface area contributed by atoms with Crippen LogP contribution in [0.1, 0.15) is 25.7 Å². The first-order valence-electron chi connectivity index (χ1n) is 6.71. The summed E-state index contributed by atoms with van der Waals surface area (Å²) >= 11 is 4.95. The van der Waals surface area contributed by atoms with Crippen LogP contribution in [0.3, 0.4) is 0 Å². The first-order valence-corrected chi connectivity index (χ1v) is 10.4. The van der Waals surface area contributed by atoms with Gasteiger partial charge in [0.2, 0.25) is 10.0 Å². The number of piperidine rings is 1. The van der Waals surface area contributed by atoms with Crippen LogP contribution in [-0.2, 0) is 19.9 Å². The third-order valence-electron chi connectivity index (χ3n) is 4.07. The fourth-order valence-corrected chi connectivity index (χ4v) is 6.79. The summed E-state index contributed by atoms with van der Waals surface area (Å²) in [6, 6.07) is 0. The van der Waals surface area contributed by atoms with E-state index >= 15 is 0 Å². The molecule has 0 amide bonds. The minimum absolute atomic E-state index is 0.0382. The number of hydrogen-bond donors (Lipinski definition) is 1. The van der Waals surface area contributed by atoms with E-state index in [1.165, 1.54) is 4.31 Å². The SMILES string of the molecule is NC(=S)C1CCCN(S(=O)(=O)C2CCS(=O)(=O)CC2)C1. The van der Waals surface area contributed by atoms with Gasteiger partial charge >= 0.3 is 0 Å². The molecule has 116 valence electrons. The second kappa shape index (κ2) is 5.86. The second-order valence-electron chi connectivity index (χ2n) is 5.50. The van der Waals surface area contributed by atoms with E-state index in [0.717, 1.165) is 12.8 Å². The van der Waals surface area contributed by atoms with Crippen LogP contribution < -0.4 is 5.73 Å². The van der Waals surface area contributed by atoms with Gasteiger partial charge in [0.25, 0.3) is 0 Å². The van der Waals surface area contributed by atoms with E-state index in [1.807, 2.05) is 0 Å². The fourth-order valence-electron chi connectivity index (χ4n) is 2.78. The van der Waals surface area contributed by atoms with Crippen LogP contribution in [0.15, 0.2) is 0 Å². The van der Waals surface area contributed by atoms with Crippen LogP contribution in [0.4, 0.5) is 0 Å². The Morgan fingerprint density at radius 1 is 1.20 bits per heavy atom. The van der Waals surface area contributed by atoms with E-state index in [1.54, 1.807) is 0 Å². The van der Waals surface area contributed by atoms with Crippen LogP contribution in [0.2, 0.25) is 0 Å².